The van der Waals surface area contributed by atoms with Crippen LogP contribution in [0.4, 0.5) is 0 Å². The van der Waals surface area contributed by atoms with Crippen molar-refractivity contribution in [2.75, 3.05) is 13.1 Å². The zero-order chi connectivity index (χ0) is 15.5. The minimum absolute atomic E-state index is 0.00173. The first-order valence-corrected chi connectivity index (χ1v) is 8.30. The number of carbonyl (C=O) groups is 2. The molecule has 0 bridgehead atoms. The van der Waals surface area contributed by atoms with Crippen molar-refractivity contribution in [3.05, 3.63) is 35.4 Å². The summed E-state index contributed by atoms with van der Waals surface area (Å²) >= 11 is 0. The summed E-state index contributed by atoms with van der Waals surface area (Å²) in [7, 11) is 0. The second-order valence-corrected chi connectivity index (χ2v) is 6.52. The van der Waals surface area contributed by atoms with Crippen molar-refractivity contribution in [3.8, 4) is 0 Å². The highest BCUT2D eigenvalue weighted by Crippen LogP contribution is 2.29. The lowest BCUT2D eigenvalue weighted by molar-refractivity contribution is -0.139. The molecule has 4 nitrogen and oxygen atoms in total. The summed E-state index contributed by atoms with van der Waals surface area (Å²) in [6.07, 6.45) is 5.02. The van der Waals surface area contributed by atoms with Gasteiger partial charge in [-0.2, -0.15) is 0 Å². The summed E-state index contributed by atoms with van der Waals surface area (Å²) < 4.78 is 0. The van der Waals surface area contributed by atoms with Gasteiger partial charge in [0.15, 0.2) is 0 Å². The lowest BCUT2D eigenvalue weighted by Crippen LogP contribution is -2.48. The highest BCUT2D eigenvalue weighted by Gasteiger charge is 2.31. The molecular formula is C18H24N2O2. The fraction of sp³-hybridized carbons (Fsp3) is 0.556. The van der Waals surface area contributed by atoms with Crippen LogP contribution < -0.4 is 5.32 Å². The predicted octanol–water partition coefficient (Wildman–Crippen LogP) is 2.52. The van der Waals surface area contributed by atoms with Crippen LogP contribution in [0.1, 0.15) is 48.0 Å². The maximum Gasteiger partial charge on any atom is 0.251 e. The van der Waals surface area contributed by atoms with E-state index in [-0.39, 0.29) is 17.9 Å². The molecule has 1 aromatic carbocycles. The first-order valence-electron chi connectivity index (χ1n) is 8.30. The Balaban J connectivity index is 1.50. The quantitative estimate of drug-likeness (QED) is 0.932. The van der Waals surface area contributed by atoms with Crippen LogP contribution in [0.15, 0.2) is 24.3 Å². The molecule has 1 saturated heterocycles. The van der Waals surface area contributed by atoms with Crippen molar-refractivity contribution < 1.29 is 9.59 Å². The van der Waals surface area contributed by atoms with Crippen LogP contribution >= 0.6 is 0 Å². The van der Waals surface area contributed by atoms with Gasteiger partial charge in [-0.3, -0.25) is 9.59 Å². The fourth-order valence-corrected chi connectivity index (χ4v) is 3.25. The lowest BCUT2D eigenvalue weighted by Gasteiger charge is -2.36. The molecule has 2 fully saturated rings. The Morgan fingerprint density at radius 3 is 2.36 bits per heavy atom. The van der Waals surface area contributed by atoms with Gasteiger partial charge in [-0.05, 0) is 44.2 Å². The molecule has 0 spiro atoms. The van der Waals surface area contributed by atoms with Crippen molar-refractivity contribution in [2.24, 2.45) is 5.92 Å². The van der Waals surface area contributed by atoms with Gasteiger partial charge < -0.3 is 10.2 Å². The Hall–Kier alpha value is -1.84. The maximum absolute atomic E-state index is 12.3. The van der Waals surface area contributed by atoms with Gasteiger partial charge in [-0.1, -0.05) is 24.6 Å². The molecule has 2 amide bonds. The topological polar surface area (TPSA) is 49.4 Å². The van der Waals surface area contributed by atoms with Crippen LogP contribution in [0.2, 0.25) is 0 Å². The van der Waals surface area contributed by atoms with Gasteiger partial charge >= 0.3 is 0 Å². The highest BCUT2D eigenvalue weighted by atomic mass is 16.2. The minimum atomic E-state index is 0.00173. The number of benzene rings is 1. The summed E-state index contributed by atoms with van der Waals surface area (Å²) in [6.45, 7) is 3.50. The molecular weight excluding hydrogens is 276 g/mol. The monoisotopic (exact) mass is 300 g/mol. The van der Waals surface area contributed by atoms with Crippen LogP contribution in [0.5, 0.6) is 0 Å². The average Bonchev–Trinajstić information content (AvgIpc) is 2.46. The second-order valence-electron chi connectivity index (χ2n) is 6.52. The van der Waals surface area contributed by atoms with E-state index in [2.05, 4.69) is 5.32 Å². The number of hydrogen-bond donors (Lipinski definition) is 1. The fourth-order valence-electron chi connectivity index (χ4n) is 3.25. The summed E-state index contributed by atoms with van der Waals surface area (Å²) in [6, 6.07) is 7.82. The number of rotatable bonds is 3. The smallest absolute Gasteiger partial charge is 0.251 e. The van der Waals surface area contributed by atoms with Crippen molar-refractivity contribution in [3.63, 3.8) is 0 Å². The number of aryl methyl sites for hydroxylation is 1. The predicted molar refractivity (Wildman–Crippen MR) is 85.6 cm³/mol. The number of hydrogen-bond acceptors (Lipinski definition) is 2. The molecule has 1 aliphatic carbocycles. The molecule has 0 unspecified atom stereocenters. The van der Waals surface area contributed by atoms with Crippen molar-refractivity contribution in [1.82, 2.24) is 10.2 Å². The number of amides is 2. The first kappa shape index (κ1) is 15.1. The maximum atomic E-state index is 12.3. The van der Waals surface area contributed by atoms with E-state index in [4.69, 9.17) is 0 Å². The third-order valence-electron chi connectivity index (χ3n) is 4.99. The molecule has 1 N–H and O–H groups in total. The van der Waals surface area contributed by atoms with E-state index < -0.39 is 0 Å². The van der Waals surface area contributed by atoms with Crippen LogP contribution in [0.25, 0.3) is 0 Å². The van der Waals surface area contributed by atoms with Gasteiger partial charge in [-0.15, -0.1) is 0 Å². The number of likely N-dealkylation sites (tertiary alicyclic amines) is 1. The van der Waals surface area contributed by atoms with E-state index in [1.807, 2.05) is 36.1 Å². The normalized spacial score (nSPS) is 19.6. The standard InChI is InChI=1S/C18H24N2O2/c1-13-5-2-3-8-16(13)17(21)19-15-9-11-20(12-10-15)18(22)14-6-4-7-14/h2-3,5,8,14-15H,4,6-7,9-12H2,1H3,(H,19,21). The van der Waals surface area contributed by atoms with Crippen LogP contribution in [0.3, 0.4) is 0 Å². The van der Waals surface area contributed by atoms with E-state index in [0.29, 0.717) is 5.91 Å². The molecule has 2 aliphatic rings. The van der Waals surface area contributed by atoms with E-state index in [1.165, 1.54) is 6.42 Å². The van der Waals surface area contributed by atoms with Crippen LogP contribution in [-0.2, 0) is 4.79 Å². The molecule has 118 valence electrons. The second kappa shape index (κ2) is 6.51. The zero-order valence-corrected chi connectivity index (χ0v) is 13.2. The molecule has 1 heterocycles. The Labute approximate surface area is 131 Å². The Kier molecular flexibility index (Phi) is 4.46. The van der Waals surface area contributed by atoms with E-state index >= 15 is 0 Å². The van der Waals surface area contributed by atoms with Gasteiger partial charge in [-0.25, -0.2) is 0 Å². The van der Waals surface area contributed by atoms with E-state index in [9.17, 15) is 9.59 Å². The third-order valence-corrected chi connectivity index (χ3v) is 4.99. The van der Waals surface area contributed by atoms with Gasteiger partial charge in [0.05, 0.1) is 0 Å². The Bertz CT molecular complexity index is 558. The van der Waals surface area contributed by atoms with Crippen LogP contribution in [-0.4, -0.2) is 35.8 Å². The lowest BCUT2D eigenvalue weighted by atomic mass is 9.84. The number of carbonyl (C=O) groups excluding carboxylic acids is 2. The van der Waals surface area contributed by atoms with Gasteiger partial charge in [0.2, 0.25) is 5.91 Å². The van der Waals surface area contributed by atoms with Crippen molar-refractivity contribution >= 4 is 11.8 Å². The van der Waals surface area contributed by atoms with Gasteiger partial charge in [0.1, 0.15) is 0 Å². The molecule has 0 atom stereocenters. The number of piperidine rings is 1. The Morgan fingerprint density at radius 2 is 1.77 bits per heavy atom. The molecule has 1 saturated carbocycles. The molecule has 1 aliphatic heterocycles. The SMILES string of the molecule is Cc1ccccc1C(=O)NC1CCN(C(=O)C2CCC2)CC1. The average molecular weight is 300 g/mol. The van der Waals surface area contributed by atoms with Crippen molar-refractivity contribution in [1.29, 1.82) is 0 Å². The molecule has 0 radical (unpaired) electrons. The zero-order valence-electron chi connectivity index (χ0n) is 13.2. The number of nitrogens with one attached hydrogen (secondary N) is 1. The van der Waals surface area contributed by atoms with Crippen molar-refractivity contribution in [2.45, 2.75) is 45.1 Å². The molecule has 22 heavy (non-hydrogen) atoms. The first-order chi connectivity index (χ1) is 10.6. The minimum Gasteiger partial charge on any atom is -0.349 e. The summed E-state index contributed by atoms with van der Waals surface area (Å²) in [5, 5.41) is 3.12. The number of nitrogens with zero attached hydrogens (tertiary/aromatic N) is 1. The summed E-state index contributed by atoms with van der Waals surface area (Å²) in [4.78, 5) is 26.5. The molecule has 3 rings (SSSR count). The summed E-state index contributed by atoms with van der Waals surface area (Å²) in [5.41, 5.74) is 1.74. The molecule has 1 aromatic rings. The van der Waals surface area contributed by atoms with E-state index in [0.717, 1.165) is 49.9 Å². The van der Waals surface area contributed by atoms with Gasteiger partial charge in [0, 0.05) is 30.6 Å². The third kappa shape index (κ3) is 3.16. The highest BCUT2D eigenvalue weighted by molar-refractivity contribution is 5.95. The molecule has 4 heteroatoms. The van der Waals surface area contributed by atoms with Gasteiger partial charge in [0.25, 0.3) is 5.91 Å². The van der Waals surface area contributed by atoms with Crippen LogP contribution in [0, 0.1) is 12.8 Å². The Morgan fingerprint density at radius 1 is 1.09 bits per heavy atom. The molecule has 0 aromatic heterocycles. The van der Waals surface area contributed by atoms with E-state index in [1.54, 1.807) is 0 Å². The largest absolute Gasteiger partial charge is 0.349 e. The summed E-state index contributed by atoms with van der Waals surface area (Å²) in [5.74, 6) is 0.606.